The Morgan fingerprint density at radius 3 is 2.59 bits per heavy atom. The van der Waals surface area contributed by atoms with E-state index in [1.165, 1.54) is 23.1 Å². The van der Waals surface area contributed by atoms with Crippen LogP contribution in [0, 0.1) is 0 Å². The van der Waals surface area contributed by atoms with Gasteiger partial charge in [0.1, 0.15) is 11.0 Å². The molecule has 0 bridgehead atoms. The number of carbonyl (C=O) groups excluding carboxylic acids is 1. The van der Waals surface area contributed by atoms with Crippen molar-refractivity contribution in [3.8, 4) is 5.69 Å². The lowest BCUT2D eigenvalue weighted by Crippen LogP contribution is -2.23. The van der Waals surface area contributed by atoms with E-state index in [9.17, 15) is 9.59 Å². The lowest BCUT2D eigenvalue weighted by atomic mass is 10.2. The molecule has 34 heavy (non-hydrogen) atoms. The zero-order valence-corrected chi connectivity index (χ0v) is 19.3. The van der Waals surface area contributed by atoms with Gasteiger partial charge < -0.3 is 10.3 Å². The Kier molecular flexibility index (Phi) is 5.12. The molecule has 0 unspecified atom stereocenters. The highest BCUT2D eigenvalue weighted by molar-refractivity contribution is 7.99. The summed E-state index contributed by atoms with van der Waals surface area (Å²) in [6.45, 7) is 0. The molecule has 0 radical (unpaired) electrons. The molecule has 7 nitrogen and oxygen atoms in total. The molecule has 0 fully saturated rings. The van der Waals surface area contributed by atoms with Crippen LogP contribution in [0.4, 0.5) is 5.13 Å². The third kappa shape index (κ3) is 3.64. The first kappa shape index (κ1) is 20.6. The number of thiazole rings is 1. The van der Waals surface area contributed by atoms with Crippen LogP contribution in [0.15, 0.2) is 88.8 Å². The van der Waals surface area contributed by atoms with Gasteiger partial charge in [-0.2, -0.15) is 0 Å². The van der Waals surface area contributed by atoms with Gasteiger partial charge in [-0.15, -0.1) is 0 Å². The van der Waals surface area contributed by atoms with E-state index in [1.54, 1.807) is 4.57 Å². The van der Waals surface area contributed by atoms with Crippen LogP contribution < -0.4 is 10.9 Å². The topological polar surface area (TPSA) is 92.7 Å². The van der Waals surface area contributed by atoms with Crippen LogP contribution in [0.5, 0.6) is 0 Å². The molecule has 6 rings (SSSR count). The van der Waals surface area contributed by atoms with E-state index in [1.807, 2.05) is 78.9 Å². The van der Waals surface area contributed by atoms with Crippen molar-refractivity contribution in [2.24, 2.45) is 0 Å². The molecular weight excluding hydrogens is 466 g/mol. The number of rotatable bonds is 5. The summed E-state index contributed by atoms with van der Waals surface area (Å²) in [6, 6.07) is 24.7. The lowest BCUT2D eigenvalue weighted by molar-refractivity contribution is -0.113. The second-order valence-electron chi connectivity index (χ2n) is 7.59. The molecule has 1 amide bonds. The maximum atomic E-state index is 13.5. The number of amides is 1. The maximum Gasteiger partial charge on any atom is 0.283 e. The van der Waals surface area contributed by atoms with Crippen molar-refractivity contribution in [2.75, 3.05) is 11.1 Å². The van der Waals surface area contributed by atoms with Crippen LogP contribution in [0.25, 0.3) is 37.8 Å². The number of para-hydroxylation sites is 3. The Bertz CT molecular complexity index is 1700. The summed E-state index contributed by atoms with van der Waals surface area (Å²) in [5.74, 6) is -0.125. The number of carbonyl (C=O) groups is 1. The average Bonchev–Trinajstić information content (AvgIpc) is 3.44. The third-order valence-corrected chi connectivity index (χ3v) is 7.27. The van der Waals surface area contributed by atoms with Crippen LogP contribution >= 0.6 is 23.1 Å². The minimum Gasteiger partial charge on any atom is -0.349 e. The number of aromatic amines is 1. The number of nitrogens with one attached hydrogen (secondary N) is 2. The number of fused-ring (bicyclic) bond motifs is 4. The van der Waals surface area contributed by atoms with Gasteiger partial charge in [0.2, 0.25) is 5.91 Å². The fraction of sp³-hybridized carbons (Fsp3) is 0.0400. The molecule has 3 aromatic heterocycles. The second kappa shape index (κ2) is 8.44. The average molecular weight is 484 g/mol. The minimum absolute atomic E-state index is 0.0864. The predicted molar refractivity (Wildman–Crippen MR) is 138 cm³/mol. The molecule has 0 atom stereocenters. The van der Waals surface area contributed by atoms with Gasteiger partial charge in [0.25, 0.3) is 5.56 Å². The molecule has 0 saturated heterocycles. The van der Waals surface area contributed by atoms with Crippen molar-refractivity contribution in [1.29, 1.82) is 0 Å². The molecule has 0 aliphatic rings. The molecule has 9 heteroatoms. The molecule has 0 aliphatic carbocycles. The van der Waals surface area contributed by atoms with Gasteiger partial charge in [-0.05, 0) is 30.3 Å². The lowest BCUT2D eigenvalue weighted by Gasteiger charge is -2.12. The van der Waals surface area contributed by atoms with E-state index in [-0.39, 0.29) is 17.2 Å². The van der Waals surface area contributed by atoms with Crippen LogP contribution in [-0.2, 0) is 4.79 Å². The van der Waals surface area contributed by atoms with Crippen molar-refractivity contribution < 1.29 is 4.79 Å². The van der Waals surface area contributed by atoms with Crippen LogP contribution in [0.3, 0.4) is 0 Å². The summed E-state index contributed by atoms with van der Waals surface area (Å²) in [4.78, 5) is 38.7. The van der Waals surface area contributed by atoms with Crippen molar-refractivity contribution in [3.05, 3.63) is 89.2 Å². The first-order valence-corrected chi connectivity index (χ1v) is 12.3. The van der Waals surface area contributed by atoms with Gasteiger partial charge in [0, 0.05) is 10.9 Å². The Balaban J connectivity index is 1.37. The molecule has 2 N–H and O–H groups in total. The summed E-state index contributed by atoms with van der Waals surface area (Å²) < 4.78 is 2.56. The number of H-pyrrole nitrogens is 1. The summed E-state index contributed by atoms with van der Waals surface area (Å²) in [5.41, 5.74) is 3.21. The Morgan fingerprint density at radius 2 is 1.74 bits per heavy atom. The Hall–Kier alpha value is -3.95. The highest BCUT2D eigenvalue weighted by atomic mass is 32.2. The number of hydrogen-bond acceptors (Lipinski definition) is 6. The fourth-order valence-electron chi connectivity index (χ4n) is 3.86. The van der Waals surface area contributed by atoms with E-state index >= 15 is 0 Å². The monoisotopic (exact) mass is 483 g/mol. The SMILES string of the molecule is O=C(CSc1nc2c([nH]c3ccccc32)c(=O)n1-c1ccccc1)Nc1nc2ccccc2s1. The number of anilines is 1. The summed E-state index contributed by atoms with van der Waals surface area (Å²) in [6.07, 6.45) is 0. The molecule has 0 spiro atoms. The summed E-state index contributed by atoms with van der Waals surface area (Å²) >= 11 is 2.65. The Labute approximate surface area is 201 Å². The van der Waals surface area contributed by atoms with E-state index < -0.39 is 0 Å². The molecule has 0 saturated carbocycles. The van der Waals surface area contributed by atoms with Crippen molar-refractivity contribution >= 4 is 66.3 Å². The first-order chi connectivity index (χ1) is 16.7. The van der Waals surface area contributed by atoms with Crippen molar-refractivity contribution in [2.45, 2.75) is 5.16 Å². The molecule has 3 aromatic carbocycles. The normalized spacial score (nSPS) is 11.4. The number of hydrogen-bond donors (Lipinski definition) is 2. The zero-order valence-electron chi connectivity index (χ0n) is 17.7. The van der Waals surface area contributed by atoms with Gasteiger partial charge >= 0.3 is 0 Å². The molecule has 0 aliphatic heterocycles. The summed E-state index contributed by atoms with van der Waals surface area (Å²) in [7, 11) is 0. The molecule has 3 heterocycles. The first-order valence-electron chi connectivity index (χ1n) is 10.5. The van der Waals surface area contributed by atoms with E-state index in [0.717, 1.165) is 21.1 Å². The van der Waals surface area contributed by atoms with E-state index in [0.29, 0.717) is 27.0 Å². The highest BCUT2D eigenvalue weighted by Gasteiger charge is 2.18. The third-order valence-electron chi connectivity index (χ3n) is 5.38. The number of aromatic nitrogens is 4. The fourth-order valence-corrected chi connectivity index (χ4v) is 5.54. The van der Waals surface area contributed by atoms with E-state index in [4.69, 9.17) is 4.98 Å². The molecular formula is C25H17N5O2S2. The quantitative estimate of drug-likeness (QED) is 0.259. The Morgan fingerprint density at radius 1 is 0.971 bits per heavy atom. The predicted octanol–water partition coefficient (Wildman–Crippen LogP) is 5.21. The van der Waals surface area contributed by atoms with Gasteiger partial charge in [-0.1, -0.05) is 71.6 Å². The van der Waals surface area contributed by atoms with Gasteiger partial charge in [0.05, 0.1) is 21.7 Å². The number of thioether (sulfide) groups is 1. The molecule has 6 aromatic rings. The van der Waals surface area contributed by atoms with Crippen molar-refractivity contribution in [3.63, 3.8) is 0 Å². The standard InChI is InChI=1S/C25H17N5O2S2/c31-20(28-24-27-18-12-6-7-13-19(18)34-24)14-33-25-29-21-16-10-4-5-11-17(16)26-22(21)23(32)30(25)15-8-2-1-3-9-15/h1-13,26H,14H2,(H,27,28,31). The van der Waals surface area contributed by atoms with Gasteiger partial charge in [-0.25, -0.2) is 9.97 Å². The number of benzene rings is 3. The van der Waals surface area contributed by atoms with E-state index in [2.05, 4.69) is 15.3 Å². The number of nitrogens with zero attached hydrogens (tertiary/aromatic N) is 3. The van der Waals surface area contributed by atoms with Crippen LogP contribution in [0.2, 0.25) is 0 Å². The van der Waals surface area contributed by atoms with Gasteiger partial charge in [0.15, 0.2) is 10.3 Å². The van der Waals surface area contributed by atoms with Crippen molar-refractivity contribution in [1.82, 2.24) is 19.5 Å². The minimum atomic E-state index is -0.211. The van der Waals surface area contributed by atoms with Crippen LogP contribution in [-0.4, -0.2) is 31.2 Å². The van der Waals surface area contributed by atoms with Gasteiger partial charge in [-0.3, -0.25) is 14.2 Å². The largest absolute Gasteiger partial charge is 0.349 e. The maximum absolute atomic E-state index is 13.5. The second-order valence-corrected chi connectivity index (χ2v) is 9.56. The van der Waals surface area contributed by atoms with Crippen LogP contribution in [0.1, 0.15) is 0 Å². The highest BCUT2D eigenvalue weighted by Crippen LogP contribution is 2.28. The zero-order chi connectivity index (χ0) is 23.1. The molecule has 166 valence electrons. The summed E-state index contributed by atoms with van der Waals surface area (Å²) in [5, 5.41) is 4.73. The smallest absolute Gasteiger partial charge is 0.283 e.